The van der Waals surface area contributed by atoms with Gasteiger partial charge in [-0.1, -0.05) is 0 Å². The summed E-state index contributed by atoms with van der Waals surface area (Å²) in [5.41, 5.74) is 11.7. The van der Waals surface area contributed by atoms with Crippen molar-refractivity contribution < 1.29 is 29.3 Å². The number of carboxylic acids is 2. The Hall–Kier alpha value is -2.77. The smallest absolute Gasteiger partial charge is 0.300 e. The van der Waals surface area contributed by atoms with Crippen molar-refractivity contribution >= 4 is 23.8 Å². The van der Waals surface area contributed by atoms with Crippen molar-refractivity contribution in [1.29, 1.82) is 0 Å². The summed E-state index contributed by atoms with van der Waals surface area (Å²) in [5, 5.41) is 24.2. The van der Waals surface area contributed by atoms with E-state index in [4.69, 9.17) is 36.0 Å². The number of hydrogen-bond acceptors (Lipinski definition) is 9. The van der Waals surface area contributed by atoms with Crippen LogP contribution in [0.2, 0.25) is 0 Å². The first-order chi connectivity index (χ1) is 15.1. The number of likely N-dealkylation sites (tertiary alicyclic amines) is 1. The van der Waals surface area contributed by atoms with Gasteiger partial charge in [-0.2, -0.15) is 4.98 Å². The Bertz CT molecular complexity index is 703. The zero-order valence-electron chi connectivity index (χ0n) is 18.6. The minimum absolute atomic E-state index is 0.0381. The highest BCUT2D eigenvalue weighted by molar-refractivity contribution is 5.78. The summed E-state index contributed by atoms with van der Waals surface area (Å²) >= 11 is 0. The number of nitrogens with one attached hydrogen (secondary N) is 2. The molecule has 32 heavy (non-hydrogen) atoms. The molecule has 2 atom stereocenters. The minimum atomic E-state index is -0.833. The van der Waals surface area contributed by atoms with Gasteiger partial charge in [0.05, 0.1) is 12.5 Å². The van der Waals surface area contributed by atoms with Gasteiger partial charge in [-0.15, -0.1) is 5.10 Å². The van der Waals surface area contributed by atoms with Crippen molar-refractivity contribution in [2.45, 2.75) is 58.2 Å². The fourth-order valence-electron chi connectivity index (χ4n) is 3.52. The molecule has 13 heteroatoms. The van der Waals surface area contributed by atoms with Gasteiger partial charge in [0.25, 0.3) is 11.9 Å². The van der Waals surface area contributed by atoms with Crippen LogP contribution in [0.25, 0.3) is 0 Å². The summed E-state index contributed by atoms with van der Waals surface area (Å²) in [6, 6.07) is 0.590. The monoisotopic (exact) mass is 457 g/mol. The maximum absolute atomic E-state index is 12.6. The van der Waals surface area contributed by atoms with Crippen molar-refractivity contribution in [3.8, 4) is 0 Å². The molecule has 2 aliphatic rings. The number of nitrogens with two attached hydrogens (primary N) is 2. The number of carbonyl (C=O) groups is 3. The fourth-order valence-corrected chi connectivity index (χ4v) is 3.52. The molecule has 182 valence electrons. The average molecular weight is 458 g/mol. The van der Waals surface area contributed by atoms with Crippen LogP contribution in [-0.2, 0) is 25.7 Å². The maximum atomic E-state index is 12.6. The number of carboxylic acid groups (broad SMARTS) is 2. The first kappa shape index (κ1) is 27.3. The number of amides is 1. The van der Waals surface area contributed by atoms with E-state index >= 15 is 0 Å². The van der Waals surface area contributed by atoms with Gasteiger partial charge in [-0.3, -0.25) is 24.4 Å². The number of ether oxygens (including phenoxy) is 1. The number of H-pyrrole nitrogens is 1. The minimum Gasteiger partial charge on any atom is -0.481 e. The van der Waals surface area contributed by atoms with Crippen molar-refractivity contribution in [3.05, 3.63) is 5.82 Å². The highest BCUT2D eigenvalue weighted by Crippen LogP contribution is 2.22. The van der Waals surface area contributed by atoms with Crippen molar-refractivity contribution in [1.82, 2.24) is 25.4 Å². The van der Waals surface area contributed by atoms with E-state index in [0.717, 1.165) is 65.8 Å². The summed E-state index contributed by atoms with van der Waals surface area (Å²) in [7, 11) is 0. The normalized spacial score (nSPS) is 21.7. The number of hydrogen-bond donors (Lipinski definition) is 6. The molecule has 0 bridgehead atoms. The zero-order valence-corrected chi connectivity index (χ0v) is 18.6. The van der Waals surface area contributed by atoms with E-state index < -0.39 is 11.9 Å². The second-order valence-electron chi connectivity index (χ2n) is 7.73. The Morgan fingerprint density at radius 3 is 2.25 bits per heavy atom. The third-order valence-electron chi connectivity index (χ3n) is 4.87. The molecular formula is C19H35N7O6. The summed E-state index contributed by atoms with van der Waals surface area (Å²) in [6.07, 6.45) is 3.70. The zero-order chi connectivity index (χ0) is 24.1. The molecule has 0 saturated carbocycles. The molecule has 13 nitrogen and oxygen atoms in total. The highest BCUT2D eigenvalue weighted by atomic mass is 16.5. The molecular weight excluding hydrogens is 422 g/mol. The fraction of sp³-hybridized carbons (Fsp3) is 0.737. The van der Waals surface area contributed by atoms with Crippen molar-refractivity contribution in [3.63, 3.8) is 0 Å². The van der Waals surface area contributed by atoms with Gasteiger partial charge in [0.1, 0.15) is 5.82 Å². The van der Waals surface area contributed by atoms with E-state index in [-0.39, 0.29) is 23.8 Å². The van der Waals surface area contributed by atoms with Gasteiger partial charge in [-0.25, -0.2) is 0 Å². The second kappa shape index (κ2) is 14.3. The Kier molecular flexibility index (Phi) is 12.2. The Morgan fingerprint density at radius 1 is 1.12 bits per heavy atom. The molecule has 0 aliphatic carbocycles. The van der Waals surface area contributed by atoms with Crippen LogP contribution in [0.4, 0.5) is 5.95 Å². The molecule has 1 aromatic heterocycles. The van der Waals surface area contributed by atoms with Gasteiger partial charge in [-0.05, 0) is 25.7 Å². The van der Waals surface area contributed by atoms with Gasteiger partial charge in [0.15, 0.2) is 0 Å². The predicted molar refractivity (Wildman–Crippen MR) is 115 cm³/mol. The molecule has 1 amide bonds. The van der Waals surface area contributed by atoms with Gasteiger partial charge in [0.2, 0.25) is 11.9 Å². The van der Waals surface area contributed by atoms with Gasteiger partial charge < -0.3 is 31.7 Å². The van der Waals surface area contributed by atoms with Crippen LogP contribution in [0.3, 0.4) is 0 Å². The lowest BCUT2D eigenvalue weighted by atomic mass is 10.0. The van der Waals surface area contributed by atoms with E-state index in [0.29, 0.717) is 18.4 Å². The number of anilines is 1. The van der Waals surface area contributed by atoms with E-state index in [1.54, 1.807) is 0 Å². The van der Waals surface area contributed by atoms with Crippen molar-refractivity contribution in [2.24, 2.45) is 11.7 Å². The van der Waals surface area contributed by atoms with Gasteiger partial charge >= 0.3 is 0 Å². The van der Waals surface area contributed by atoms with Crippen LogP contribution in [0.1, 0.15) is 45.4 Å². The Labute approximate surface area is 186 Å². The average Bonchev–Trinajstić information content (AvgIpc) is 3.02. The standard InChI is InChI=1S/C15H27N7O2.2C2H4O2/c16-11-2-1-10(8-22(9-11)12-3-5-24-6-4-12)14(23)18-7-13-19-15(17)21-20-13;2*1-2(3)4/h10-12H,1-9,16H2,(H,18,23)(H3,17,19,20,21);2*1H3,(H,3,4)/t10-,11+;;/m1../s1. The number of aromatic nitrogens is 3. The number of aromatic amines is 1. The third kappa shape index (κ3) is 11.6. The molecule has 0 unspecified atom stereocenters. The molecule has 2 fully saturated rings. The van der Waals surface area contributed by atoms with E-state index in [1.165, 1.54) is 0 Å². The Morgan fingerprint density at radius 2 is 1.72 bits per heavy atom. The number of aliphatic carboxylic acids is 2. The summed E-state index contributed by atoms with van der Waals surface area (Å²) in [5.74, 6) is -0.935. The van der Waals surface area contributed by atoms with E-state index in [1.807, 2.05) is 0 Å². The predicted octanol–water partition coefficient (Wildman–Crippen LogP) is -0.597. The summed E-state index contributed by atoms with van der Waals surface area (Å²) in [4.78, 5) is 37.0. The topological polar surface area (TPSA) is 210 Å². The number of rotatable bonds is 4. The Balaban J connectivity index is 0.000000554. The van der Waals surface area contributed by atoms with Crippen molar-refractivity contribution in [2.75, 3.05) is 32.0 Å². The highest BCUT2D eigenvalue weighted by Gasteiger charge is 2.31. The quantitative estimate of drug-likeness (QED) is 0.336. The third-order valence-corrected chi connectivity index (χ3v) is 4.87. The van der Waals surface area contributed by atoms with E-state index in [2.05, 4.69) is 25.4 Å². The molecule has 2 saturated heterocycles. The van der Waals surface area contributed by atoms with Crippen LogP contribution in [0, 0.1) is 5.92 Å². The summed E-state index contributed by atoms with van der Waals surface area (Å²) < 4.78 is 5.45. The molecule has 0 spiro atoms. The molecule has 0 radical (unpaired) electrons. The van der Waals surface area contributed by atoms with Crippen LogP contribution < -0.4 is 16.8 Å². The maximum Gasteiger partial charge on any atom is 0.300 e. The van der Waals surface area contributed by atoms with E-state index in [9.17, 15) is 4.79 Å². The van der Waals surface area contributed by atoms with Crippen LogP contribution in [0.15, 0.2) is 0 Å². The second-order valence-corrected chi connectivity index (χ2v) is 7.73. The first-order valence-electron chi connectivity index (χ1n) is 10.5. The molecule has 3 rings (SSSR count). The largest absolute Gasteiger partial charge is 0.481 e. The lowest BCUT2D eigenvalue weighted by molar-refractivity contribution is -0.135. The molecule has 2 aliphatic heterocycles. The molecule has 0 aromatic carbocycles. The number of carbonyl (C=O) groups excluding carboxylic acids is 1. The molecule has 8 N–H and O–H groups in total. The molecule has 3 heterocycles. The van der Waals surface area contributed by atoms with Crippen LogP contribution in [0.5, 0.6) is 0 Å². The SMILES string of the molecule is CC(=O)O.CC(=O)O.Nc1n[nH]c(CNC(=O)[C@@H]2CC[C@H](N)CN(C3CCOCC3)C2)n1. The molecule has 1 aromatic rings. The van der Waals surface area contributed by atoms with Crippen LogP contribution in [-0.4, -0.2) is 86.5 Å². The van der Waals surface area contributed by atoms with Gasteiger partial charge in [0, 0.05) is 52.2 Å². The number of nitrogen functional groups attached to an aromatic ring is 1. The first-order valence-corrected chi connectivity index (χ1v) is 10.5. The lowest BCUT2D eigenvalue weighted by Crippen LogP contribution is -2.47. The number of nitrogens with zero attached hydrogens (tertiary/aromatic N) is 3. The lowest BCUT2D eigenvalue weighted by Gasteiger charge is -2.35. The van der Waals surface area contributed by atoms with Crippen LogP contribution >= 0.6 is 0 Å². The summed E-state index contributed by atoms with van der Waals surface area (Å²) in [6.45, 7) is 5.67.